The van der Waals surface area contributed by atoms with Gasteiger partial charge in [-0.25, -0.2) is 4.98 Å². The van der Waals surface area contributed by atoms with Gasteiger partial charge < -0.3 is 14.9 Å². The molecule has 1 aliphatic rings. The van der Waals surface area contributed by atoms with Crippen LogP contribution >= 0.6 is 11.3 Å². The molecular formula is C14H19N3OS. The minimum Gasteiger partial charge on any atom is -0.508 e. The van der Waals surface area contributed by atoms with Crippen molar-refractivity contribution >= 4 is 26.7 Å². The fourth-order valence-corrected chi connectivity index (χ4v) is 3.66. The number of aromatic hydroxyl groups is 1. The summed E-state index contributed by atoms with van der Waals surface area (Å²) in [6, 6.07) is 6.07. The van der Waals surface area contributed by atoms with Crippen LogP contribution < -0.4 is 4.90 Å². The van der Waals surface area contributed by atoms with Crippen LogP contribution in [0.5, 0.6) is 5.75 Å². The van der Waals surface area contributed by atoms with Gasteiger partial charge in [-0.15, -0.1) is 0 Å². The van der Waals surface area contributed by atoms with Crippen LogP contribution in [-0.4, -0.2) is 48.2 Å². The molecule has 2 aromatic rings. The van der Waals surface area contributed by atoms with Gasteiger partial charge in [0, 0.05) is 19.1 Å². The molecule has 5 heteroatoms. The number of fused-ring (bicyclic) bond motifs is 1. The number of phenols is 1. The largest absolute Gasteiger partial charge is 0.508 e. The molecule has 0 aliphatic carbocycles. The first-order valence-corrected chi connectivity index (χ1v) is 7.46. The van der Waals surface area contributed by atoms with E-state index in [1.807, 2.05) is 6.07 Å². The highest BCUT2D eigenvalue weighted by molar-refractivity contribution is 7.22. The van der Waals surface area contributed by atoms with Gasteiger partial charge in [0.05, 0.1) is 10.2 Å². The number of thiazole rings is 1. The van der Waals surface area contributed by atoms with Crippen LogP contribution in [0.15, 0.2) is 18.2 Å². The van der Waals surface area contributed by atoms with E-state index in [1.54, 1.807) is 23.5 Å². The molecule has 1 aliphatic heterocycles. The summed E-state index contributed by atoms with van der Waals surface area (Å²) in [7, 11) is 4.31. The van der Waals surface area contributed by atoms with Crippen LogP contribution in [0.2, 0.25) is 0 Å². The predicted octanol–water partition coefficient (Wildman–Crippen LogP) is 2.53. The maximum Gasteiger partial charge on any atom is 0.186 e. The number of hydrogen-bond donors (Lipinski definition) is 1. The molecule has 102 valence electrons. The van der Waals surface area contributed by atoms with Gasteiger partial charge in [-0.1, -0.05) is 11.3 Å². The maximum absolute atomic E-state index is 9.51. The van der Waals surface area contributed by atoms with Gasteiger partial charge in [0.1, 0.15) is 5.75 Å². The number of anilines is 1. The van der Waals surface area contributed by atoms with E-state index in [2.05, 4.69) is 28.9 Å². The number of hydrogen-bond acceptors (Lipinski definition) is 5. The Bertz CT molecular complexity index is 573. The zero-order valence-electron chi connectivity index (χ0n) is 11.3. The molecule has 0 atom stereocenters. The first-order valence-electron chi connectivity index (χ1n) is 6.64. The minimum atomic E-state index is 0.314. The first-order chi connectivity index (χ1) is 9.13. The molecule has 4 nitrogen and oxygen atoms in total. The molecule has 0 saturated carbocycles. The topological polar surface area (TPSA) is 39.6 Å². The fourth-order valence-electron chi connectivity index (χ4n) is 2.61. The van der Waals surface area contributed by atoms with Gasteiger partial charge in [-0.2, -0.15) is 0 Å². The van der Waals surface area contributed by atoms with E-state index >= 15 is 0 Å². The Morgan fingerprint density at radius 3 is 2.74 bits per heavy atom. The molecule has 0 unspecified atom stereocenters. The summed E-state index contributed by atoms with van der Waals surface area (Å²) in [5, 5.41) is 10.6. The second-order valence-electron chi connectivity index (χ2n) is 5.33. The number of rotatable bonds is 2. The van der Waals surface area contributed by atoms with Crippen molar-refractivity contribution in [2.24, 2.45) is 0 Å². The third-order valence-corrected chi connectivity index (χ3v) is 4.90. The van der Waals surface area contributed by atoms with Crippen molar-refractivity contribution < 1.29 is 5.11 Å². The summed E-state index contributed by atoms with van der Waals surface area (Å²) in [5.41, 5.74) is 0.979. The highest BCUT2D eigenvalue weighted by atomic mass is 32.1. The second kappa shape index (κ2) is 4.98. The highest BCUT2D eigenvalue weighted by Crippen LogP contribution is 2.32. The summed E-state index contributed by atoms with van der Waals surface area (Å²) in [6.07, 6.45) is 2.38. The summed E-state index contributed by atoms with van der Waals surface area (Å²) in [6.45, 7) is 2.13. The Morgan fingerprint density at radius 1 is 1.32 bits per heavy atom. The van der Waals surface area contributed by atoms with Gasteiger partial charge in [-0.05, 0) is 45.1 Å². The van der Waals surface area contributed by atoms with Crippen LogP contribution in [0.25, 0.3) is 10.2 Å². The number of aromatic nitrogens is 1. The van der Waals surface area contributed by atoms with Gasteiger partial charge >= 0.3 is 0 Å². The molecule has 1 saturated heterocycles. The number of phenolic OH excluding ortho intramolecular Hbond substituents is 1. The molecular weight excluding hydrogens is 258 g/mol. The molecule has 1 aromatic carbocycles. The van der Waals surface area contributed by atoms with Crippen LogP contribution in [0.1, 0.15) is 12.8 Å². The van der Waals surface area contributed by atoms with Crippen molar-refractivity contribution in [1.82, 2.24) is 9.88 Å². The fraction of sp³-hybridized carbons (Fsp3) is 0.500. The van der Waals surface area contributed by atoms with Crippen molar-refractivity contribution in [3.8, 4) is 5.75 Å². The van der Waals surface area contributed by atoms with Crippen molar-refractivity contribution in [2.45, 2.75) is 18.9 Å². The third kappa shape index (κ3) is 2.53. The van der Waals surface area contributed by atoms with Crippen molar-refractivity contribution in [3.05, 3.63) is 18.2 Å². The second-order valence-corrected chi connectivity index (χ2v) is 6.34. The lowest BCUT2D eigenvalue weighted by Crippen LogP contribution is -2.41. The lowest BCUT2D eigenvalue weighted by Gasteiger charge is -2.34. The van der Waals surface area contributed by atoms with E-state index in [9.17, 15) is 5.11 Å². The Morgan fingerprint density at radius 2 is 2.05 bits per heavy atom. The summed E-state index contributed by atoms with van der Waals surface area (Å²) >= 11 is 1.67. The smallest absolute Gasteiger partial charge is 0.186 e. The zero-order valence-corrected chi connectivity index (χ0v) is 12.2. The molecule has 3 rings (SSSR count). The molecule has 1 aromatic heterocycles. The van der Waals surface area contributed by atoms with Crippen LogP contribution in [0.3, 0.4) is 0 Å². The maximum atomic E-state index is 9.51. The number of nitrogens with zero attached hydrogens (tertiary/aromatic N) is 3. The average Bonchev–Trinajstić information content (AvgIpc) is 2.81. The molecule has 1 N–H and O–H groups in total. The number of benzene rings is 1. The van der Waals surface area contributed by atoms with E-state index in [0.717, 1.165) is 28.4 Å². The molecule has 1 fully saturated rings. The lowest BCUT2D eigenvalue weighted by molar-refractivity contribution is 0.249. The highest BCUT2D eigenvalue weighted by Gasteiger charge is 2.22. The predicted molar refractivity (Wildman–Crippen MR) is 80.2 cm³/mol. The van der Waals surface area contributed by atoms with Crippen molar-refractivity contribution in [1.29, 1.82) is 0 Å². The van der Waals surface area contributed by atoms with Crippen molar-refractivity contribution in [3.63, 3.8) is 0 Å². The van der Waals surface area contributed by atoms with E-state index in [4.69, 9.17) is 0 Å². The summed E-state index contributed by atoms with van der Waals surface area (Å²) in [5.74, 6) is 0.314. The molecule has 2 heterocycles. The molecule has 0 bridgehead atoms. The quantitative estimate of drug-likeness (QED) is 0.915. The summed E-state index contributed by atoms with van der Waals surface area (Å²) in [4.78, 5) is 9.34. The third-order valence-electron chi connectivity index (χ3n) is 3.83. The van der Waals surface area contributed by atoms with E-state index in [1.165, 1.54) is 12.8 Å². The monoisotopic (exact) mass is 277 g/mol. The number of piperidine rings is 1. The minimum absolute atomic E-state index is 0.314. The summed E-state index contributed by atoms with van der Waals surface area (Å²) < 4.78 is 1.06. The van der Waals surface area contributed by atoms with Gasteiger partial charge in [-0.3, -0.25) is 0 Å². The Hall–Kier alpha value is -1.33. The van der Waals surface area contributed by atoms with Crippen molar-refractivity contribution in [2.75, 3.05) is 32.1 Å². The van der Waals surface area contributed by atoms with Gasteiger partial charge in [0.15, 0.2) is 5.13 Å². The standard InChI is InChI=1S/C14H19N3OS/c1-16(2)10-5-7-17(8-6-10)14-15-12-4-3-11(18)9-13(12)19-14/h3-4,9-10,18H,5-8H2,1-2H3. The molecule has 0 radical (unpaired) electrons. The van der Waals surface area contributed by atoms with E-state index < -0.39 is 0 Å². The molecule has 0 amide bonds. The Kier molecular flexibility index (Phi) is 3.33. The normalized spacial score (nSPS) is 17.5. The SMILES string of the molecule is CN(C)C1CCN(c2nc3ccc(O)cc3s2)CC1. The van der Waals surface area contributed by atoms with Crippen LogP contribution in [-0.2, 0) is 0 Å². The van der Waals surface area contributed by atoms with Gasteiger partial charge in [0.25, 0.3) is 0 Å². The molecule has 19 heavy (non-hydrogen) atoms. The first kappa shape index (κ1) is 12.7. The average molecular weight is 277 g/mol. The lowest BCUT2D eigenvalue weighted by atomic mass is 10.0. The van der Waals surface area contributed by atoms with Crippen LogP contribution in [0.4, 0.5) is 5.13 Å². The Balaban J connectivity index is 1.78. The van der Waals surface area contributed by atoms with E-state index in [-0.39, 0.29) is 0 Å². The Labute approximate surface area is 117 Å². The zero-order chi connectivity index (χ0) is 13.4. The van der Waals surface area contributed by atoms with Gasteiger partial charge in [0.2, 0.25) is 0 Å². The van der Waals surface area contributed by atoms with E-state index in [0.29, 0.717) is 11.8 Å². The molecule has 0 spiro atoms. The van der Waals surface area contributed by atoms with Crippen LogP contribution in [0, 0.1) is 0 Å².